The molecule has 0 spiro atoms. The molecule has 1 unspecified atom stereocenters. The molecule has 1 aliphatic carbocycles. The second-order valence-electron chi connectivity index (χ2n) is 2.12. The van der Waals surface area contributed by atoms with Crippen LogP contribution >= 0.6 is 0 Å². The molecule has 2 radical (unpaired) electrons. The van der Waals surface area contributed by atoms with Gasteiger partial charge in [0.25, 0.3) is 0 Å². The lowest BCUT2D eigenvalue weighted by atomic mass is 9.98. The highest BCUT2D eigenvalue weighted by Gasteiger charge is 1.99. The van der Waals surface area contributed by atoms with E-state index in [-0.39, 0.29) is 1.43 Å². The van der Waals surface area contributed by atoms with Crippen LogP contribution in [0.15, 0.2) is 12.2 Å². The van der Waals surface area contributed by atoms with Crippen LogP contribution in [0, 0.1) is 12.8 Å². The zero-order valence-electron chi connectivity index (χ0n) is 5.56. The Hall–Kier alpha value is -0.260. The molecule has 1 atom stereocenters. The van der Waals surface area contributed by atoms with E-state index in [2.05, 4.69) is 19.1 Å². The molecule has 0 fully saturated rings. The topological polar surface area (TPSA) is 0 Å². The molecule has 0 heteroatoms. The van der Waals surface area contributed by atoms with Crippen molar-refractivity contribution in [2.75, 3.05) is 0 Å². The number of hydrogen-bond donors (Lipinski definition) is 0. The zero-order valence-corrected chi connectivity index (χ0v) is 4.56. The van der Waals surface area contributed by atoms with Gasteiger partial charge in [-0.15, -0.1) is 0 Å². The fourth-order valence-electron chi connectivity index (χ4n) is 0.883. The van der Waals surface area contributed by atoms with Gasteiger partial charge in [-0.25, -0.2) is 0 Å². The van der Waals surface area contributed by atoms with Crippen molar-refractivity contribution in [3.05, 3.63) is 19.1 Å². The minimum absolute atomic E-state index is 0. The molecule has 0 aromatic carbocycles. The van der Waals surface area contributed by atoms with E-state index in [1.165, 1.54) is 19.3 Å². The minimum atomic E-state index is 0. The smallest absolute Gasteiger partial charge is 0 e. The van der Waals surface area contributed by atoms with Gasteiger partial charge in [0.05, 0.1) is 0 Å². The van der Waals surface area contributed by atoms with E-state index in [0.717, 1.165) is 0 Å². The van der Waals surface area contributed by atoms with Gasteiger partial charge in [0, 0.05) is 1.43 Å². The van der Waals surface area contributed by atoms with Gasteiger partial charge in [-0.3, -0.25) is 0 Å². The molecule has 0 heterocycles. The molecule has 0 N–H and O–H groups in total. The van der Waals surface area contributed by atoms with E-state index in [4.69, 9.17) is 0 Å². The SMILES string of the molecule is [CH2]C1C=CCCC1.[H]. The Labute approximate surface area is 46.7 Å². The Kier molecular flexibility index (Phi) is 1.50. The standard InChI is InChI=1S/C7H11.H/c1-7-5-3-2-4-6-7;/h3,5,7H,1-2,4,6H2;. The highest BCUT2D eigenvalue weighted by Crippen LogP contribution is 2.14. The lowest BCUT2D eigenvalue weighted by molar-refractivity contribution is 0.628. The van der Waals surface area contributed by atoms with Crippen molar-refractivity contribution in [3.8, 4) is 0 Å². The fourth-order valence-corrected chi connectivity index (χ4v) is 0.883. The quantitative estimate of drug-likeness (QED) is 0.406. The van der Waals surface area contributed by atoms with Crippen molar-refractivity contribution in [1.29, 1.82) is 0 Å². The maximum atomic E-state index is 3.91. The average Bonchev–Trinajstić information content (AvgIpc) is 1.69. The molecule has 7 heavy (non-hydrogen) atoms. The molecule has 0 aliphatic heterocycles. The summed E-state index contributed by atoms with van der Waals surface area (Å²) in [6.45, 7) is 3.91. The third-order valence-corrected chi connectivity index (χ3v) is 1.35. The van der Waals surface area contributed by atoms with Crippen LogP contribution in [-0.2, 0) is 0 Å². The maximum absolute atomic E-state index is 3.91. The van der Waals surface area contributed by atoms with Gasteiger partial charge in [0.1, 0.15) is 0 Å². The van der Waals surface area contributed by atoms with E-state index >= 15 is 0 Å². The Bertz CT molecular complexity index is 76.5. The summed E-state index contributed by atoms with van der Waals surface area (Å²) in [6, 6.07) is 0. The Balaban J connectivity index is 0.000000490. The number of allylic oxidation sites excluding steroid dienone is 2. The molecule has 0 bridgehead atoms. The van der Waals surface area contributed by atoms with Gasteiger partial charge in [0.2, 0.25) is 0 Å². The summed E-state index contributed by atoms with van der Waals surface area (Å²) >= 11 is 0. The summed E-state index contributed by atoms with van der Waals surface area (Å²) in [5, 5.41) is 0. The highest BCUT2D eigenvalue weighted by atomic mass is 14.0. The number of hydrogen-bond acceptors (Lipinski definition) is 0. The third kappa shape index (κ3) is 1.34. The third-order valence-electron chi connectivity index (χ3n) is 1.35. The highest BCUT2D eigenvalue weighted by molar-refractivity contribution is 4.93. The van der Waals surface area contributed by atoms with E-state index in [1.807, 2.05) is 0 Å². The van der Waals surface area contributed by atoms with E-state index in [9.17, 15) is 0 Å². The second-order valence-corrected chi connectivity index (χ2v) is 2.12. The van der Waals surface area contributed by atoms with Crippen molar-refractivity contribution < 1.29 is 1.43 Å². The summed E-state index contributed by atoms with van der Waals surface area (Å²) in [6.07, 6.45) is 8.32. The predicted octanol–water partition coefficient (Wildman–Crippen LogP) is 2.29. The van der Waals surface area contributed by atoms with Crippen LogP contribution in [-0.4, -0.2) is 0 Å². The molecule has 40 valence electrons. The van der Waals surface area contributed by atoms with Crippen LogP contribution in [0.2, 0.25) is 0 Å². The van der Waals surface area contributed by atoms with Crippen LogP contribution in [0.25, 0.3) is 0 Å². The Morgan fingerprint density at radius 1 is 1.71 bits per heavy atom. The molecule has 0 nitrogen and oxygen atoms in total. The molecule has 0 amide bonds. The lowest BCUT2D eigenvalue weighted by Gasteiger charge is -2.08. The van der Waals surface area contributed by atoms with E-state index in [1.54, 1.807) is 0 Å². The molecule has 0 aromatic heterocycles. The van der Waals surface area contributed by atoms with Gasteiger partial charge < -0.3 is 0 Å². The molecule has 0 saturated carbocycles. The largest absolute Gasteiger partial charge is 0.0883 e. The molecular weight excluding hydrogens is 84.1 g/mol. The monoisotopic (exact) mass is 96.1 g/mol. The lowest BCUT2D eigenvalue weighted by Crippen LogP contribution is -1.93. The molecule has 0 saturated heterocycles. The normalized spacial score (nSPS) is 30.7. The van der Waals surface area contributed by atoms with Gasteiger partial charge in [-0.05, 0) is 32.1 Å². The molecule has 1 rings (SSSR count). The fraction of sp³-hybridized carbons (Fsp3) is 0.571. The van der Waals surface area contributed by atoms with Gasteiger partial charge in [-0.1, -0.05) is 12.2 Å². The summed E-state index contributed by atoms with van der Waals surface area (Å²) in [4.78, 5) is 0. The minimum Gasteiger partial charge on any atom is -0.0883 e. The Morgan fingerprint density at radius 2 is 2.57 bits per heavy atom. The molecular formula is C7H12. The molecule has 0 aromatic rings. The second kappa shape index (κ2) is 2.15. The van der Waals surface area contributed by atoms with Crippen molar-refractivity contribution in [2.24, 2.45) is 5.92 Å². The maximum Gasteiger partial charge on any atom is 0 e. The Morgan fingerprint density at radius 3 is 2.86 bits per heavy atom. The summed E-state index contributed by atoms with van der Waals surface area (Å²) in [7, 11) is 0. The summed E-state index contributed by atoms with van der Waals surface area (Å²) in [5.74, 6) is 0.605. The average molecular weight is 96.2 g/mol. The zero-order chi connectivity index (χ0) is 5.11. The molecule has 1 aliphatic rings. The van der Waals surface area contributed by atoms with Gasteiger partial charge in [-0.2, -0.15) is 0 Å². The van der Waals surface area contributed by atoms with Crippen LogP contribution in [0.1, 0.15) is 20.7 Å². The van der Waals surface area contributed by atoms with Gasteiger partial charge >= 0.3 is 0 Å². The van der Waals surface area contributed by atoms with Crippen molar-refractivity contribution in [2.45, 2.75) is 19.3 Å². The summed E-state index contributed by atoms with van der Waals surface area (Å²) in [5.41, 5.74) is 0. The predicted molar refractivity (Wildman–Crippen MR) is 32.9 cm³/mol. The van der Waals surface area contributed by atoms with Crippen LogP contribution in [0.4, 0.5) is 0 Å². The van der Waals surface area contributed by atoms with Crippen molar-refractivity contribution in [1.82, 2.24) is 0 Å². The van der Waals surface area contributed by atoms with Crippen LogP contribution < -0.4 is 0 Å². The first-order valence-electron chi connectivity index (χ1n) is 2.89. The van der Waals surface area contributed by atoms with E-state index in [0.29, 0.717) is 5.92 Å². The van der Waals surface area contributed by atoms with Crippen LogP contribution in [0.3, 0.4) is 0 Å². The van der Waals surface area contributed by atoms with E-state index < -0.39 is 0 Å². The first-order valence-corrected chi connectivity index (χ1v) is 2.89. The summed E-state index contributed by atoms with van der Waals surface area (Å²) < 4.78 is 0. The first-order chi connectivity index (χ1) is 3.39. The van der Waals surface area contributed by atoms with Gasteiger partial charge in [0.15, 0.2) is 0 Å². The first kappa shape index (κ1) is 4.89. The number of rotatable bonds is 0. The van der Waals surface area contributed by atoms with Crippen molar-refractivity contribution >= 4 is 0 Å². The van der Waals surface area contributed by atoms with Crippen LogP contribution in [0.5, 0.6) is 0 Å². The van der Waals surface area contributed by atoms with Crippen molar-refractivity contribution in [3.63, 3.8) is 0 Å².